The van der Waals surface area contributed by atoms with Gasteiger partial charge in [0.1, 0.15) is 17.4 Å². The monoisotopic (exact) mass is 286 g/mol. The molecule has 0 amide bonds. The predicted octanol–water partition coefficient (Wildman–Crippen LogP) is 3.92. The molecule has 0 aliphatic carbocycles. The van der Waals surface area contributed by atoms with E-state index in [1.165, 1.54) is 0 Å². The fourth-order valence-electron chi connectivity index (χ4n) is 1.80. The summed E-state index contributed by atoms with van der Waals surface area (Å²) in [6.07, 6.45) is 4.43. The molecule has 0 spiro atoms. The van der Waals surface area contributed by atoms with Crippen LogP contribution >= 0.6 is 0 Å². The summed E-state index contributed by atoms with van der Waals surface area (Å²) in [7, 11) is 0. The van der Waals surface area contributed by atoms with E-state index in [0.29, 0.717) is 11.6 Å². The van der Waals surface area contributed by atoms with E-state index in [2.05, 4.69) is 41.0 Å². The first-order valence-corrected chi connectivity index (χ1v) is 7.32. The molecule has 0 aliphatic rings. The molecule has 0 aliphatic heterocycles. The van der Waals surface area contributed by atoms with Crippen LogP contribution in [0.5, 0.6) is 11.6 Å². The highest BCUT2D eigenvalue weighted by atomic mass is 16.5. The molecule has 0 saturated heterocycles. The minimum Gasteiger partial charge on any atom is -0.437 e. The first-order valence-electron chi connectivity index (χ1n) is 7.32. The Kier molecular flexibility index (Phi) is 5.09. The number of hydrogen-bond acceptors (Lipinski definition) is 5. The Bertz CT molecular complexity index is 584. The van der Waals surface area contributed by atoms with Crippen LogP contribution in [0.25, 0.3) is 0 Å². The zero-order valence-corrected chi connectivity index (χ0v) is 13.1. The second kappa shape index (κ2) is 7.02. The van der Waals surface area contributed by atoms with E-state index >= 15 is 0 Å². The summed E-state index contributed by atoms with van der Waals surface area (Å²) in [5, 5.41) is 3.34. The van der Waals surface area contributed by atoms with Gasteiger partial charge < -0.3 is 10.1 Å². The molecule has 1 N–H and O–H groups in total. The zero-order valence-electron chi connectivity index (χ0n) is 13.1. The van der Waals surface area contributed by atoms with Crippen LogP contribution in [0.15, 0.2) is 24.5 Å². The number of rotatable bonds is 6. The van der Waals surface area contributed by atoms with Crippen LogP contribution in [-0.2, 0) is 0 Å². The summed E-state index contributed by atoms with van der Waals surface area (Å²) >= 11 is 0. The molecule has 2 heterocycles. The molecule has 0 atom stereocenters. The van der Waals surface area contributed by atoms with Crippen molar-refractivity contribution in [2.24, 2.45) is 0 Å². The lowest BCUT2D eigenvalue weighted by molar-refractivity contribution is 0.451. The standard InChI is InChI=1S/C16H22N4O/c1-5-8-18-15-12(4)16(20-14(19-15)11(2)3)21-13-7-6-9-17-10-13/h6-7,9-11H,5,8H2,1-4H3,(H,18,19,20). The molecule has 0 radical (unpaired) electrons. The van der Waals surface area contributed by atoms with Crippen LogP contribution in [0.1, 0.15) is 44.5 Å². The first-order chi connectivity index (χ1) is 10.1. The van der Waals surface area contributed by atoms with Gasteiger partial charge >= 0.3 is 0 Å². The topological polar surface area (TPSA) is 59.9 Å². The minimum absolute atomic E-state index is 0.240. The summed E-state index contributed by atoms with van der Waals surface area (Å²) < 4.78 is 5.87. The lowest BCUT2D eigenvalue weighted by Crippen LogP contribution is -2.09. The lowest BCUT2D eigenvalue weighted by atomic mass is 10.2. The van der Waals surface area contributed by atoms with E-state index in [1.54, 1.807) is 12.4 Å². The molecule has 0 bridgehead atoms. The Morgan fingerprint density at radius 1 is 1.29 bits per heavy atom. The molecule has 112 valence electrons. The average molecular weight is 286 g/mol. The fraction of sp³-hybridized carbons (Fsp3) is 0.438. The van der Waals surface area contributed by atoms with Gasteiger partial charge in [-0.3, -0.25) is 4.98 Å². The van der Waals surface area contributed by atoms with E-state index in [0.717, 1.165) is 30.2 Å². The quantitative estimate of drug-likeness (QED) is 0.872. The normalized spacial score (nSPS) is 10.7. The van der Waals surface area contributed by atoms with Gasteiger partial charge in [0.05, 0.1) is 11.8 Å². The van der Waals surface area contributed by atoms with Crippen molar-refractivity contribution in [2.75, 3.05) is 11.9 Å². The van der Waals surface area contributed by atoms with Crippen LogP contribution in [0.4, 0.5) is 5.82 Å². The summed E-state index contributed by atoms with van der Waals surface area (Å²) in [5.74, 6) is 3.12. The van der Waals surface area contributed by atoms with Gasteiger partial charge in [-0.25, -0.2) is 4.98 Å². The third kappa shape index (κ3) is 3.90. The summed E-state index contributed by atoms with van der Waals surface area (Å²) in [5.41, 5.74) is 0.914. The number of hydrogen-bond donors (Lipinski definition) is 1. The van der Waals surface area contributed by atoms with Gasteiger partial charge in [-0.2, -0.15) is 4.98 Å². The Morgan fingerprint density at radius 2 is 2.10 bits per heavy atom. The van der Waals surface area contributed by atoms with Gasteiger partial charge in [0.15, 0.2) is 0 Å². The molecular formula is C16H22N4O. The molecule has 0 fully saturated rings. The average Bonchev–Trinajstić information content (AvgIpc) is 2.49. The number of nitrogens with one attached hydrogen (secondary N) is 1. The molecule has 2 aromatic heterocycles. The molecule has 5 heteroatoms. The van der Waals surface area contributed by atoms with Crippen LogP contribution in [0.3, 0.4) is 0 Å². The van der Waals surface area contributed by atoms with Crippen molar-refractivity contribution in [3.63, 3.8) is 0 Å². The van der Waals surface area contributed by atoms with Gasteiger partial charge in [-0.15, -0.1) is 0 Å². The molecule has 2 rings (SSSR count). The molecule has 21 heavy (non-hydrogen) atoms. The van der Waals surface area contributed by atoms with Gasteiger partial charge in [-0.05, 0) is 25.5 Å². The second-order valence-electron chi connectivity index (χ2n) is 5.23. The van der Waals surface area contributed by atoms with Crippen molar-refractivity contribution in [1.29, 1.82) is 0 Å². The Labute approximate surface area is 125 Å². The highest BCUT2D eigenvalue weighted by molar-refractivity contribution is 5.49. The predicted molar refractivity (Wildman–Crippen MR) is 83.9 cm³/mol. The van der Waals surface area contributed by atoms with Gasteiger partial charge in [0.2, 0.25) is 5.88 Å². The minimum atomic E-state index is 0.240. The van der Waals surface area contributed by atoms with Crippen LogP contribution in [0.2, 0.25) is 0 Å². The van der Waals surface area contributed by atoms with E-state index in [1.807, 2.05) is 19.1 Å². The Balaban J connectivity index is 2.36. The molecular weight excluding hydrogens is 264 g/mol. The van der Waals surface area contributed by atoms with Crippen LogP contribution < -0.4 is 10.1 Å². The van der Waals surface area contributed by atoms with Crippen molar-refractivity contribution in [3.05, 3.63) is 35.9 Å². The largest absolute Gasteiger partial charge is 0.437 e. The van der Waals surface area contributed by atoms with Crippen molar-refractivity contribution < 1.29 is 4.74 Å². The van der Waals surface area contributed by atoms with Crippen molar-refractivity contribution >= 4 is 5.82 Å². The van der Waals surface area contributed by atoms with Crippen molar-refractivity contribution in [3.8, 4) is 11.6 Å². The summed E-state index contributed by atoms with van der Waals surface area (Å²) in [6.45, 7) is 9.11. The van der Waals surface area contributed by atoms with Gasteiger partial charge in [0, 0.05) is 18.7 Å². The van der Waals surface area contributed by atoms with E-state index < -0.39 is 0 Å². The van der Waals surface area contributed by atoms with E-state index in [-0.39, 0.29) is 5.92 Å². The Hall–Kier alpha value is -2.17. The number of pyridine rings is 1. The Morgan fingerprint density at radius 3 is 2.71 bits per heavy atom. The molecule has 0 unspecified atom stereocenters. The van der Waals surface area contributed by atoms with Gasteiger partial charge in [-0.1, -0.05) is 20.8 Å². The highest BCUT2D eigenvalue weighted by Gasteiger charge is 2.14. The fourth-order valence-corrected chi connectivity index (χ4v) is 1.80. The molecule has 0 saturated carbocycles. The maximum Gasteiger partial charge on any atom is 0.227 e. The van der Waals surface area contributed by atoms with Gasteiger partial charge in [0.25, 0.3) is 0 Å². The third-order valence-electron chi connectivity index (χ3n) is 3.03. The number of nitrogens with zero attached hydrogens (tertiary/aromatic N) is 3. The summed E-state index contributed by atoms with van der Waals surface area (Å²) in [6, 6.07) is 3.70. The highest BCUT2D eigenvalue weighted by Crippen LogP contribution is 2.28. The smallest absolute Gasteiger partial charge is 0.227 e. The molecule has 5 nitrogen and oxygen atoms in total. The maximum atomic E-state index is 5.87. The molecule has 2 aromatic rings. The van der Waals surface area contributed by atoms with Crippen LogP contribution in [0, 0.1) is 6.92 Å². The summed E-state index contributed by atoms with van der Waals surface area (Å²) in [4.78, 5) is 13.2. The van der Waals surface area contributed by atoms with E-state index in [4.69, 9.17) is 4.74 Å². The van der Waals surface area contributed by atoms with Crippen LogP contribution in [-0.4, -0.2) is 21.5 Å². The lowest BCUT2D eigenvalue weighted by Gasteiger charge is -2.15. The third-order valence-corrected chi connectivity index (χ3v) is 3.03. The number of ether oxygens (including phenoxy) is 1. The number of anilines is 1. The van der Waals surface area contributed by atoms with Crippen molar-refractivity contribution in [1.82, 2.24) is 15.0 Å². The maximum absolute atomic E-state index is 5.87. The number of aromatic nitrogens is 3. The van der Waals surface area contributed by atoms with Crippen molar-refractivity contribution in [2.45, 2.75) is 40.0 Å². The SMILES string of the molecule is CCCNc1nc(C(C)C)nc(Oc2cccnc2)c1C. The molecule has 0 aromatic carbocycles. The van der Waals surface area contributed by atoms with E-state index in [9.17, 15) is 0 Å². The second-order valence-corrected chi connectivity index (χ2v) is 5.23. The first kappa shape index (κ1) is 15.2. The zero-order chi connectivity index (χ0) is 15.2.